The summed E-state index contributed by atoms with van der Waals surface area (Å²) in [6.45, 7) is 5.22. The number of thiophene rings is 1. The number of carbonyl (C=O) groups excluding carboxylic acids is 2. The van der Waals surface area contributed by atoms with E-state index in [0.717, 1.165) is 28.0 Å². The predicted molar refractivity (Wildman–Crippen MR) is 77.4 cm³/mol. The Morgan fingerprint density at radius 2 is 1.95 bits per heavy atom. The molecule has 0 aliphatic carbocycles. The Labute approximate surface area is 119 Å². The average molecular weight is 293 g/mol. The molecule has 0 saturated heterocycles. The largest absolute Gasteiger partial charge is 0.397 e. The van der Waals surface area contributed by atoms with Crippen LogP contribution in [0.3, 0.4) is 0 Å². The van der Waals surface area contributed by atoms with Gasteiger partial charge >= 0.3 is 0 Å². The zero-order valence-corrected chi connectivity index (χ0v) is 12.2. The van der Waals surface area contributed by atoms with Gasteiger partial charge in [-0.3, -0.25) is 9.59 Å². The van der Waals surface area contributed by atoms with Gasteiger partial charge in [-0.1, -0.05) is 0 Å². The average Bonchev–Trinajstić information content (AvgIpc) is 2.71. The van der Waals surface area contributed by atoms with Crippen molar-refractivity contribution in [3.8, 4) is 0 Å². The number of anilines is 1. The maximum absolute atomic E-state index is 12.1. The highest BCUT2D eigenvalue weighted by atomic mass is 32.1. The maximum Gasteiger partial charge on any atom is 0.264 e. The molecule has 2 heterocycles. The van der Waals surface area contributed by atoms with Crippen LogP contribution in [0.15, 0.2) is 0 Å². The summed E-state index contributed by atoms with van der Waals surface area (Å²) >= 11 is 1.15. The Morgan fingerprint density at radius 3 is 2.55 bits per heavy atom. The Balaban J connectivity index is 2.46. The van der Waals surface area contributed by atoms with Crippen molar-refractivity contribution in [2.24, 2.45) is 5.73 Å². The Kier molecular flexibility index (Phi) is 3.58. The van der Waals surface area contributed by atoms with Crippen LogP contribution in [0, 0.1) is 13.8 Å². The summed E-state index contributed by atoms with van der Waals surface area (Å²) in [6, 6.07) is -0.763. The highest BCUT2D eigenvalue weighted by Crippen LogP contribution is 2.34. The van der Waals surface area contributed by atoms with Gasteiger partial charge < -0.3 is 16.8 Å². The number of amides is 2. The second-order valence-electron chi connectivity index (χ2n) is 4.53. The molecule has 1 atom stereocenters. The van der Waals surface area contributed by atoms with Crippen LogP contribution in [0.25, 0.3) is 10.2 Å². The molecule has 0 fully saturated rings. The Bertz CT molecular complexity index is 709. The van der Waals surface area contributed by atoms with E-state index in [9.17, 15) is 9.59 Å². The van der Waals surface area contributed by atoms with Gasteiger partial charge in [0.1, 0.15) is 15.7 Å². The van der Waals surface area contributed by atoms with E-state index in [4.69, 9.17) is 11.5 Å². The van der Waals surface area contributed by atoms with E-state index < -0.39 is 17.9 Å². The van der Waals surface area contributed by atoms with Crippen molar-refractivity contribution in [3.63, 3.8) is 0 Å². The first kappa shape index (κ1) is 14.2. The lowest BCUT2D eigenvalue weighted by atomic mass is 10.1. The fraction of sp³-hybridized carbons (Fsp3) is 0.333. The van der Waals surface area contributed by atoms with E-state index in [2.05, 4.69) is 15.5 Å². The number of hydrogen-bond acceptors (Lipinski definition) is 6. The lowest BCUT2D eigenvalue weighted by Crippen LogP contribution is -2.42. The van der Waals surface area contributed by atoms with E-state index in [-0.39, 0.29) is 0 Å². The topological polar surface area (TPSA) is 124 Å². The number of nitrogens with zero attached hydrogens (tertiary/aromatic N) is 2. The second kappa shape index (κ2) is 5.04. The van der Waals surface area contributed by atoms with E-state index in [0.29, 0.717) is 15.4 Å². The zero-order valence-electron chi connectivity index (χ0n) is 11.4. The highest BCUT2D eigenvalue weighted by molar-refractivity contribution is 7.21. The Hall–Kier alpha value is -2.22. The first-order chi connectivity index (χ1) is 9.32. The van der Waals surface area contributed by atoms with Crippen molar-refractivity contribution in [3.05, 3.63) is 16.1 Å². The number of primary amides is 1. The number of nitrogen functional groups attached to an aromatic ring is 1. The fourth-order valence-electron chi connectivity index (χ4n) is 1.74. The predicted octanol–water partition coefficient (Wildman–Crippen LogP) is 0.494. The minimum Gasteiger partial charge on any atom is -0.397 e. The van der Waals surface area contributed by atoms with Gasteiger partial charge in [-0.25, -0.2) is 0 Å². The molecule has 0 aliphatic rings. The molecule has 0 bridgehead atoms. The molecule has 2 rings (SSSR count). The number of rotatable bonds is 3. The van der Waals surface area contributed by atoms with Crippen LogP contribution >= 0.6 is 11.3 Å². The molecule has 0 spiro atoms. The molecule has 0 aromatic carbocycles. The Morgan fingerprint density at radius 1 is 1.30 bits per heavy atom. The molecule has 106 valence electrons. The fourth-order valence-corrected chi connectivity index (χ4v) is 2.75. The number of nitrogens with one attached hydrogen (secondary N) is 1. The molecule has 20 heavy (non-hydrogen) atoms. The molecule has 0 aliphatic heterocycles. The third-order valence-electron chi connectivity index (χ3n) is 3.12. The molecule has 2 aromatic rings. The van der Waals surface area contributed by atoms with Gasteiger partial charge in [0.2, 0.25) is 5.91 Å². The van der Waals surface area contributed by atoms with Gasteiger partial charge in [0, 0.05) is 5.39 Å². The number of fused-ring (bicyclic) bond motifs is 1. The zero-order chi connectivity index (χ0) is 15.0. The van der Waals surface area contributed by atoms with Crippen LogP contribution in [0.1, 0.15) is 27.9 Å². The SMILES string of the molecule is Cc1nnc2sc(C(=O)NC(C)C(N)=O)c(N)c2c1C. The van der Waals surface area contributed by atoms with E-state index in [1.54, 1.807) is 0 Å². The van der Waals surface area contributed by atoms with Gasteiger partial charge in [-0.05, 0) is 26.3 Å². The van der Waals surface area contributed by atoms with Crippen LogP contribution in [0.4, 0.5) is 5.69 Å². The third-order valence-corrected chi connectivity index (χ3v) is 4.20. The molecule has 0 radical (unpaired) electrons. The van der Waals surface area contributed by atoms with Gasteiger partial charge in [-0.2, -0.15) is 5.10 Å². The normalized spacial score (nSPS) is 12.3. The number of hydrogen-bond donors (Lipinski definition) is 3. The van der Waals surface area contributed by atoms with Crippen LogP contribution in [0.2, 0.25) is 0 Å². The summed E-state index contributed by atoms with van der Waals surface area (Å²) < 4.78 is 0. The van der Waals surface area contributed by atoms with Crippen LogP contribution < -0.4 is 16.8 Å². The van der Waals surface area contributed by atoms with E-state index in [1.165, 1.54) is 6.92 Å². The molecule has 1 unspecified atom stereocenters. The lowest BCUT2D eigenvalue weighted by molar-refractivity contribution is -0.119. The van der Waals surface area contributed by atoms with Gasteiger partial charge in [0.25, 0.3) is 5.91 Å². The van der Waals surface area contributed by atoms with Crippen LogP contribution in [0.5, 0.6) is 0 Å². The summed E-state index contributed by atoms with van der Waals surface area (Å²) in [7, 11) is 0. The third kappa shape index (κ3) is 2.29. The number of aryl methyl sites for hydroxylation is 2. The molecule has 2 aromatic heterocycles. The maximum atomic E-state index is 12.1. The second-order valence-corrected chi connectivity index (χ2v) is 5.53. The van der Waals surface area contributed by atoms with E-state index in [1.807, 2.05) is 13.8 Å². The van der Waals surface area contributed by atoms with Gasteiger partial charge in [0.15, 0.2) is 0 Å². The first-order valence-electron chi connectivity index (χ1n) is 5.95. The molecular weight excluding hydrogens is 278 g/mol. The molecule has 0 saturated carbocycles. The van der Waals surface area contributed by atoms with Crippen molar-refractivity contribution in [1.29, 1.82) is 0 Å². The summed E-state index contributed by atoms with van der Waals surface area (Å²) in [6.07, 6.45) is 0. The minimum absolute atomic E-state index is 0.316. The number of nitrogens with two attached hydrogens (primary N) is 2. The molecule has 7 nitrogen and oxygen atoms in total. The quantitative estimate of drug-likeness (QED) is 0.760. The smallest absolute Gasteiger partial charge is 0.264 e. The highest BCUT2D eigenvalue weighted by Gasteiger charge is 2.22. The molecule has 5 N–H and O–H groups in total. The van der Waals surface area contributed by atoms with E-state index >= 15 is 0 Å². The monoisotopic (exact) mass is 293 g/mol. The van der Waals surface area contributed by atoms with Crippen LogP contribution in [-0.4, -0.2) is 28.1 Å². The number of aromatic nitrogens is 2. The van der Waals surface area contributed by atoms with Crippen molar-refractivity contribution >= 4 is 39.1 Å². The van der Waals surface area contributed by atoms with Crippen molar-refractivity contribution in [2.45, 2.75) is 26.8 Å². The van der Waals surface area contributed by atoms with Gasteiger partial charge in [0.05, 0.1) is 11.4 Å². The number of carbonyl (C=O) groups is 2. The molecular formula is C12H15N5O2S. The van der Waals surface area contributed by atoms with Crippen molar-refractivity contribution < 1.29 is 9.59 Å². The van der Waals surface area contributed by atoms with Crippen LogP contribution in [-0.2, 0) is 4.79 Å². The molecule has 8 heteroatoms. The lowest BCUT2D eigenvalue weighted by Gasteiger charge is -2.09. The van der Waals surface area contributed by atoms with Gasteiger partial charge in [-0.15, -0.1) is 16.4 Å². The standard InChI is InChI=1S/C12H15N5O2S/c1-4-5(2)16-17-12-7(4)8(13)9(20-12)11(19)15-6(3)10(14)18/h6H,13H2,1-3H3,(H2,14,18)(H,15,19). The summed E-state index contributed by atoms with van der Waals surface area (Å²) in [5.41, 5.74) is 13.2. The van der Waals surface area contributed by atoms with Crippen molar-refractivity contribution in [2.75, 3.05) is 5.73 Å². The summed E-state index contributed by atoms with van der Waals surface area (Å²) in [5, 5.41) is 11.3. The summed E-state index contributed by atoms with van der Waals surface area (Å²) in [4.78, 5) is 24.0. The van der Waals surface area contributed by atoms with Crippen molar-refractivity contribution in [1.82, 2.24) is 15.5 Å². The summed E-state index contributed by atoms with van der Waals surface area (Å²) in [5.74, 6) is -1.04. The minimum atomic E-state index is -0.763. The first-order valence-corrected chi connectivity index (χ1v) is 6.76. The molecule has 2 amide bonds.